The number of phenols is 1. The fourth-order valence-electron chi connectivity index (χ4n) is 2.93. The first-order valence-corrected chi connectivity index (χ1v) is 8.54. The second kappa shape index (κ2) is 6.52. The van der Waals surface area contributed by atoms with E-state index in [2.05, 4.69) is 26.0 Å². The zero-order valence-corrected chi connectivity index (χ0v) is 14.7. The molecular formula is C23H19NO2. The molecule has 26 heavy (non-hydrogen) atoms. The van der Waals surface area contributed by atoms with Crippen molar-refractivity contribution in [2.75, 3.05) is 0 Å². The van der Waals surface area contributed by atoms with E-state index < -0.39 is 0 Å². The Morgan fingerprint density at radius 3 is 2.38 bits per heavy atom. The molecule has 0 fully saturated rings. The Balaban J connectivity index is 2.00. The maximum absolute atomic E-state index is 9.90. The first kappa shape index (κ1) is 16.2. The Morgan fingerprint density at radius 2 is 1.62 bits per heavy atom. The fraction of sp³-hybridized carbons (Fsp3) is 0.0870. The molecule has 0 atom stereocenters. The number of nitrogens with zero attached hydrogens (tertiary/aromatic N) is 1. The summed E-state index contributed by atoms with van der Waals surface area (Å²) in [6, 6.07) is 23.1. The van der Waals surface area contributed by atoms with Crippen molar-refractivity contribution in [1.82, 2.24) is 0 Å². The average molecular weight is 341 g/mol. The molecule has 0 bridgehead atoms. The number of rotatable bonds is 2. The molecule has 1 heterocycles. The summed E-state index contributed by atoms with van der Waals surface area (Å²) in [5.41, 5.74) is 4.98. The summed E-state index contributed by atoms with van der Waals surface area (Å²) < 4.78 is 6.05. The summed E-state index contributed by atoms with van der Waals surface area (Å²) in [5.74, 6) is 0.933. The van der Waals surface area contributed by atoms with Crippen LogP contribution in [0.4, 0.5) is 5.69 Å². The van der Waals surface area contributed by atoms with E-state index in [0.29, 0.717) is 5.58 Å². The summed E-state index contributed by atoms with van der Waals surface area (Å²) in [5, 5.41) is 11.5. The molecule has 3 nitrogen and oxygen atoms in total. The molecule has 3 heteroatoms. The van der Waals surface area contributed by atoms with E-state index in [0.717, 1.165) is 27.8 Å². The van der Waals surface area contributed by atoms with Crippen molar-refractivity contribution >= 4 is 16.7 Å². The predicted molar refractivity (Wildman–Crippen MR) is 104 cm³/mol. The van der Waals surface area contributed by atoms with E-state index in [4.69, 9.17) is 9.41 Å². The number of benzene rings is 3. The molecular weight excluding hydrogens is 322 g/mol. The quantitative estimate of drug-likeness (QED) is 0.512. The van der Waals surface area contributed by atoms with Crippen LogP contribution in [-0.2, 0) is 0 Å². The van der Waals surface area contributed by atoms with Crippen LogP contribution < -0.4 is 5.36 Å². The predicted octanol–water partition coefficient (Wildman–Crippen LogP) is 5.65. The zero-order valence-electron chi connectivity index (χ0n) is 14.7. The number of hydrogen-bond donors (Lipinski definition) is 1. The number of aryl methyl sites for hydroxylation is 2. The lowest BCUT2D eigenvalue weighted by Gasteiger charge is -2.06. The lowest BCUT2D eigenvalue weighted by Crippen LogP contribution is -2.03. The lowest BCUT2D eigenvalue weighted by atomic mass is 10.1. The second-order valence-corrected chi connectivity index (χ2v) is 6.42. The molecule has 1 aromatic heterocycles. The summed E-state index contributed by atoms with van der Waals surface area (Å²) in [6.45, 7) is 4.16. The van der Waals surface area contributed by atoms with Crippen molar-refractivity contribution in [1.29, 1.82) is 0 Å². The highest BCUT2D eigenvalue weighted by Gasteiger charge is 2.07. The van der Waals surface area contributed by atoms with E-state index in [9.17, 15) is 5.11 Å². The van der Waals surface area contributed by atoms with Gasteiger partial charge in [-0.1, -0.05) is 36.4 Å². The highest BCUT2D eigenvalue weighted by molar-refractivity contribution is 5.80. The van der Waals surface area contributed by atoms with Gasteiger partial charge in [0.05, 0.1) is 11.0 Å². The van der Waals surface area contributed by atoms with Gasteiger partial charge in [0.2, 0.25) is 0 Å². The normalized spacial score (nSPS) is 11.8. The third kappa shape index (κ3) is 3.11. The Morgan fingerprint density at radius 1 is 0.808 bits per heavy atom. The SMILES string of the molecule is Cc1ccc(N=c2cc(-c3ccccc3)oc3ccc(O)cc23)cc1C. The molecule has 0 radical (unpaired) electrons. The van der Waals surface area contributed by atoms with Gasteiger partial charge >= 0.3 is 0 Å². The van der Waals surface area contributed by atoms with Crippen LogP contribution in [0.5, 0.6) is 5.75 Å². The second-order valence-electron chi connectivity index (χ2n) is 6.42. The molecule has 0 unspecified atom stereocenters. The maximum Gasteiger partial charge on any atom is 0.137 e. The van der Waals surface area contributed by atoms with Crippen LogP contribution in [0.2, 0.25) is 0 Å². The van der Waals surface area contributed by atoms with Crippen LogP contribution >= 0.6 is 0 Å². The molecule has 0 aliphatic rings. The average Bonchev–Trinajstić information content (AvgIpc) is 2.65. The molecule has 3 aromatic carbocycles. The van der Waals surface area contributed by atoms with Crippen LogP contribution in [0.1, 0.15) is 11.1 Å². The van der Waals surface area contributed by atoms with Gasteiger partial charge in [-0.2, -0.15) is 0 Å². The smallest absolute Gasteiger partial charge is 0.137 e. The maximum atomic E-state index is 9.90. The van der Waals surface area contributed by atoms with Gasteiger partial charge in [-0.05, 0) is 55.3 Å². The van der Waals surface area contributed by atoms with Crippen LogP contribution in [0.15, 0.2) is 82.2 Å². The van der Waals surface area contributed by atoms with Crippen LogP contribution in [0.25, 0.3) is 22.3 Å². The van der Waals surface area contributed by atoms with Crippen molar-refractivity contribution < 1.29 is 9.52 Å². The minimum absolute atomic E-state index is 0.191. The van der Waals surface area contributed by atoms with Gasteiger partial charge in [0.15, 0.2) is 0 Å². The molecule has 0 saturated carbocycles. The van der Waals surface area contributed by atoms with Gasteiger partial charge in [-0.15, -0.1) is 0 Å². The van der Waals surface area contributed by atoms with Gasteiger partial charge in [0, 0.05) is 17.0 Å². The first-order chi connectivity index (χ1) is 12.6. The molecule has 0 saturated heterocycles. The van der Waals surface area contributed by atoms with Crippen molar-refractivity contribution in [3.63, 3.8) is 0 Å². The van der Waals surface area contributed by atoms with Crippen molar-refractivity contribution in [3.8, 4) is 17.1 Å². The summed E-state index contributed by atoms with van der Waals surface area (Å²) >= 11 is 0. The van der Waals surface area contributed by atoms with Crippen molar-refractivity contribution in [3.05, 3.63) is 89.3 Å². The van der Waals surface area contributed by atoms with Crippen molar-refractivity contribution in [2.45, 2.75) is 13.8 Å². The molecule has 0 amide bonds. The molecule has 4 rings (SSSR count). The van der Waals surface area contributed by atoms with Gasteiger partial charge in [-0.25, -0.2) is 4.99 Å². The number of aromatic hydroxyl groups is 1. The van der Waals surface area contributed by atoms with E-state index in [1.54, 1.807) is 18.2 Å². The Kier molecular flexibility index (Phi) is 4.05. The monoisotopic (exact) mass is 341 g/mol. The summed E-state index contributed by atoms with van der Waals surface area (Å²) in [4.78, 5) is 4.83. The Labute approximate surface area is 151 Å². The van der Waals surface area contributed by atoms with Crippen LogP contribution in [-0.4, -0.2) is 5.11 Å². The van der Waals surface area contributed by atoms with E-state index >= 15 is 0 Å². The Hall–Kier alpha value is -3.33. The lowest BCUT2D eigenvalue weighted by molar-refractivity contribution is 0.475. The first-order valence-electron chi connectivity index (χ1n) is 8.54. The third-order valence-corrected chi connectivity index (χ3v) is 4.53. The minimum Gasteiger partial charge on any atom is -0.508 e. The number of hydrogen-bond acceptors (Lipinski definition) is 3. The van der Waals surface area contributed by atoms with E-state index in [-0.39, 0.29) is 5.75 Å². The zero-order chi connectivity index (χ0) is 18.1. The molecule has 4 aromatic rings. The van der Waals surface area contributed by atoms with Gasteiger partial charge in [0.25, 0.3) is 0 Å². The largest absolute Gasteiger partial charge is 0.508 e. The molecule has 1 N–H and O–H groups in total. The Bertz CT molecular complexity index is 1160. The standard InChI is InChI=1S/C23H19NO2/c1-15-8-9-18(12-16(15)2)24-21-14-23(17-6-4-3-5-7-17)26-22-11-10-19(25)13-20(21)22/h3-14,25H,1-2H3. The van der Waals surface area contributed by atoms with Crippen LogP contribution in [0.3, 0.4) is 0 Å². The number of fused-ring (bicyclic) bond motifs is 1. The summed E-state index contributed by atoms with van der Waals surface area (Å²) in [7, 11) is 0. The molecule has 0 aliphatic heterocycles. The minimum atomic E-state index is 0.191. The van der Waals surface area contributed by atoms with Gasteiger partial charge < -0.3 is 9.52 Å². The topological polar surface area (TPSA) is 45.7 Å². The van der Waals surface area contributed by atoms with E-state index in [1.165, 1.54) is 11.1 Å². The molecule has 0 aliphatic carbocycles. The molecule has 0 spiro atoms. The highest BCUT2D eigenvalue weighted by atomic mass is 16.3. The molecule has 128 valence electrons. The van der Waals surface area contributed by atoms with Crippen LogP contribution in [0, 0.1) is 13.8 Å². The van der Waals surface area contributed by atoms with Gasteiger partial charge in [0.1, 0.15) is 17.1 Å². The van der Waals surface area contributed by atoms with E-state index in [1.807, 2.05) is 42.5 Å². The van der Waals surface area contributed by atoms with Gasteiger partial charge in [-0.3, -0.25) is 0 Å². The number of phenolic OH excluding ortho intramolecular Hbond substituents is 1. The third-order valence-electron chi connectivity index (χ3n) is 4.53. The highest BCUT2D eigenvalue weighted by Crippen LogP contribution is 2.25. The fourth-order valence-corrected chi connectivity index (χ4v) is 2.93. The summed E-state index contributed by atoms with van der Waals surface area (Å²) in [6.07, 6.45) is 0. The van der Waals surface area contributed by atoms with Crippen molar-refractivity contribution in [2.24, 2.45) is 4.99 Å².